The molecule has 24 heavy (non-hydrogen) atoms. The van der Waals surface area contributed by atoms with Crippen LogP contribution in [0.15, 0.2) is 66.2 Å². The van der Waals surface area contributed by atoms with Gasteiger partial charge in [-0.2, -0.15) is 0 Å². The molecular weight excluding hydrogens is 300 g/mol. The van der Waals surface area contributed by atoms with E-state index in [2.05, 4.69) is 10.6 Å². The van der Waals surface area contributed by atoms with E-state index in [0.29, 0.717) is 16.8 Å². The second-order valence-corrected chi connectivity index (χ2v) is 5.79. The summed E-state index contributed by atoms with van der Waals surface area (Å²) in [4.78, 5) is 25.2. The van der Waals surface area contributed by atoms with Crippen LogP contribution in [0.1, 0.15) is 35.7 Å². The zero-order valence-corrected chi connectivity index (χ0v) is 13.6. The quantitative estimate of drug-likeness (QED) is 0.824. The number of rotatable bonds is 5. The summed E-state index contributed by atoms with van der Waals surface area (Å²) < 4.78 is 0. The second kappa shape index (κ2) is 7.13. The lowest BCUT2D eigenvalue weighted by atomic mass is 9.89. The van der Waals surface area contributed by atoms with Crippen molar-refractivity contribution in [3.8, 4) is 0 Å². The van der Waals surface area contributed by atoms with Crippen LogP contribution in [0.3, 0.4) is 0 Å². The second-order valence-electron chi connectivity index (χ2n) is 5.79. The monoisotopic (exact) mass is 320 g/mol. The largest absolute Gasteiger partial charge is 0.331 e. The van der Waals surface area contributed by atoms with E-state index in [0.717, 1.165) is 18.4 Å². The number of carbonyl (C=O) groups excluding carboxylic acids is 2. The summed E-state index contributed by atoms with van der Waals surface area (Å²) in [6, 6.07) is 18.1. The van der Waals surface area contributed by atoms with Gasteiger partial charge >= 0.3 is 6.03 Å². The van der Waals surface area contributed by atoms with E-state index in [4.69, 9.17) is 0 Å². The summed E-state index contributed by atoms with van der Waals surface area (Å²) in [6.07, 6.45) is 1.59. The van der Waals surface area contributed by atoms with Crippen LogP contribution in [0, 0.1) is 0 Å². The lowest BCUT2D eigenvalue weighted by Crippen LogP contribution is -2.49. The van der Waals surface area contributed by atoms with Crippen molar-refractivity contribution in [2.75, 3.05) is 0 Å². The summed E-state index contributed by atoms with van der Waals surface area (Å²) in [5, 5.41) is 5.72. The Morgan fingerprint density at radius 2 is 1.62 bits per heavy atom. The van der Waals surface area contributed by atoms with Crippen molar-refractivity contribution in [1.29, 1.82) is 0 Å². The third kappa shape index (κ3) is 3.23. The average molecular weight is 320 g/mol. The van der Waals surface area contributed by atoms with Crippen LogP contribution in [-0.4, -0.2) is 17.9 Å². The highest BCUT2D eigenvalue weighted by Gasteiger charge is 2.31. The number of urea groups is 1. The summed E-state index contributed by atoms with van der Waals surface area (Å²) in [6.45, 7) is 2.04. The molecule has 1 aliphatic rings. The molecule has 122 valence electrons. The predicted octanol–water partition coefficient (Wildman–Crippen LogP) is 3.76. The number of Topliss-reactive ketones (excluding diaryl/α,β-unsaturated/α-hetero) is 1. The first-order valence-electron chi connectivity index (χ1n) is 8.17. The molecule has 1 heterocycles. The molecule has 2 amide bonds. The van der Waals surface area contributed by atoms with Gasteiger partial charge in [0.15, 0.2) is 5.78 Å². The number of hydrogen-bond acceptors (Lipinski definition) is 2. The van der Waals surface area contributed by atoms with Crippen LogP contribution in [0.4, 0.5) is 4.79 Å². The Morgan fingerprint density at radius 1 is 1.00 bits per heavy atom. The number of benzene rings is 2. The molecular formula is C20H20N2O2. The maximum atomic E-state index is 13.1. The van der Waals surface area contributed by atoms with Gasteiger partial charge in [0, 0.05) is 11.1 Å². The third-order valence-electron chi connectivity index (χ3n) is 4.08. The highest BCUT2D eigenvalue weighted by molar-refractivity contribution is 6.16. The van der Waals surface area contributed by atoms with Gasteiger partial charge in [0.25, 0.3) is 0 Å². The summed E-state index contributed by atoms with van der Waals surface area (Å²) in [5.41, 5.74) is 2.69. The van der Waals surface area contributed by atoms with Crippen LogP contribution < -0.4 is 10.6 Å². The smallest absolute Gasteiger partial charge is 0.319 e. The van der Waals surface area contributed by atoms with E-state index in [1.807, 2.05) is 55.5 Å². The Bertz CT molecular complexity index is 767. The maximum Gasteiger partial charge on any atom is 0.319 e. The Hall–Kier alpha value is -2.88. The van der Waals surface area contributed by atoms with Crippen molar-refractivity contribution in [3.63, 3.8) is 0 Å². The van der Waals surface area contributed by atoms with Crippen LogP contribution in [0.2, 0.25) is 0 Å². The molecule has 0 saturated carbocycles. The lowest BCUT2D eigenvalue weighted by Gasteiger charge is -2.29. The molecule has 0 fully saturated rings. The Labute approximate surface area is 141 Å². The molecule has 2 aromatic carbocycles. The minimum Gasteiger partial charge on any atom is -0.331 e. The highest BCUT2D eigenvalue weighted by Crippen LogP contribution is 2.27. The highest BCUT2D eigenvalue weighted by atomic mass is 16.2. The first-order chi connectivity index (χ1) is 11.7. The molecule has 0 radical (unpaired) electrons. The van der Waals surface area contributed by atoms with Crippen molar-refractivity contribution in [1.82, 2.24) is 10.6 Å². The molecule has 0 spiro atoms. The van der Waals surface area contributed by atoms with Crippen LogP contribution in [0.5, 0.6) is 0 Å². The van der Waals surface area contributed by atoms with Crippen LogP contribution in [-0.2, 0) is 0 Å². The summed E-state index contributed by atoms with van der Waals surface area (Å²) in [5.74, 6) is -0.0552. The number of nitrogens with one attached hydrogen (secondary N) is 2. The normalized spacial score (nSPS) is 17.2. The van der Waals surface area contributed by atoms with Gasteiger partial charge in [-0.3, -0.25) is 4.79 Å². The number of ketones is 1. The zero-order chi connectivity index (χ0) is 16.9. The van der Waals surface area contributed by atoms with Gasteiger partial charge in [-0.05, 0) is 12.0 Å². The van der Waals surface area contributed by atoms with Crippen LogP contribution in [0.25, 0.3) is 5.70 Å². The zero-order valence-electron chi connectivity index (χ0n) is 13.6. The molecule has 0 aromatic heterocycles. The Balaban J connectivity index is 2.14. The predicted molar refractivity (Wildman–Crippen MR) is 94.5 cm³/mol. The molecule has 0 bridgehead atoms. The standard InChI is InChI=1S/C20H20N2O2/c1-2-9-16-17(19(23)15-12-7-4-8-13-15)18(22-20(24)21-16)14-10-5-3-6-11-14/h3-8,10-13,16H,2,9H2,1H3,(H2,21,22,24)/t16-/m0/s1. The van der Waals surface area contributed by atoms with Gasteiger partial charge in [0.05, 0.1) is 11.7 Å². The SMILES string of the molecule is CCC[C@@H]1NC(=O)NC(c2ccccc2)=C1C(=O)c1ccccc1. The maximum absolute atomic E-state index is 13.1. The molecule has 1 atom stereocenters. The number of amides is 2. The minimum atomic E-state index is -0.285. The van der Waals surface area contributed by atoms with Crippen molar-refractivity contribution in [2.45, 2.75) is 25.8 Å². The van der Waals surface area contributed by atoms with Gasteiger partial charge in [0.1, 0.15) is 0 Å². The van der Waals surface area contributed by atoms with E-state index >= 15 is 0 Å². The molecule has 4 nitrogen and oxygen atoms in total. The minimum absolute atomic E-state index is 0.0552. The first kappa shape index (κ1) is 16.0. The Morgan fingerprint density at radius 3 is 2.25 bits per heavy atom. The number of hydrogen-bond donors (Lipinski definition) is 2. The van der Waals surface area contributed by atoms with Crippen molar-refractivity contribution in [2.24, 2.45) is 0 Å². The molecule has 2 aromatic rings. The molecule has 0 unspecified atom stereocenters. The van der Waals surface area contributed by atoms with Crippen molar-refractivity contribution >= 4 is 17.5 Å². The molecule has 0 aliphatic carbocycles. The summed E-state index contributed by atoms with van der Waals surface area (Å²) in [7, 11) is 0. The van der Waals surface area contributed by atoms with Gasteiger partial charge < -0.3 is 10.6 Å². The lowest BCUT2D eigenvalue weighted by molar-refractivity contribution is 0.102. The van der Waals surface area contributed by atoms with E-state index in [-0.39, 0.29) is 17.9 Å². The number of carbonyl (C=O) groups is 2. The van der Waals surface area contributed by atoms with Crippen molar-refractivity contribution in [3.05, 3.63) is 77.4 Å². The molecule has 3 rings (SSSR count). The van der Waals surface area contributed by atoms with E-state index in [9.17, 15) is 9.59 Å². The first-order valence-corrected chi connectivity index (χ1v) is 8.17. The Kier molecular flexibility index (Phi) is 4.75. The van der Waals surface area contributed by atoms with E-state index in [1.165, 1.54) is 0 Å². The van der Waals surface area contributed by atoms with Crippen molar-refractivity contribution < 1.29 is 9.59 Å². The molecule has 2 N–H and O–H groups in total. The van der Waals surface area contributed by atoms with E-state index in [1.54, 1.807) is 12.1 Å². The van der Waals surface area contributed by atoms with Crippen LogP contribution >= 0.6 is 0 Å². The average Bonchev–Trinajstić information content (AvgIpc) is 2.62. The molecule has 0 saturated heterocycles. The molecule has 1 aliphatic heterocycles. The fourth-order valence-corrected chi connectivity index (χ4v) is 2.98. The summed E-state index contributed by atoms with van der Waals surface area (Å²) >= 11 is 0. The van der Waals surface area contributed by atoms with Gasteiger partial charge in [0.2, 0.25) is 0 Å². The fraction of sp³-hybridized carbons (Fsp3) is 0.200. The van der Waals surface area contributed by atoms with Gasteiger partial charge in [-0.1, -0.05) is 74.0 Å². The topological polar surface area (TPSA) is 58.2 Å². The van der Waals surface area contributed by atoms with Gasteiger partial charge in [-0.15, -0.1) is 0 Å². The third-order valence-corrected chi connectivity index (χ3v) is 4.08. The fourth-order valence-electron chi connectivity index (χ4n) is 2.98. The van der Waals surface area contributed by atoms with E-state index < -0.39 is 0 Å². The van der Waals surface area contributed by atoms with Gasteiger partial charge in [-0.25, -0.2) is 4.79 Å². The molecule has 4 heteroatoms.